The molecule has 5 nitrogen and oxygen atoms in total. The van der Waals surface area contributed by atoms with Gasteiger partial charge >= 0.3 is 0 Å². The van der Waals surface area contributed by atoms with Crippen molar-refractivity contribution in [2.45, 2.75) is 26.8 Å². The molecule has 106 valence electrons. The van der Waals surface area contributed by atoms with Crippen LogP contribution in [0.2, 0.25) is 0 Å². The number of nitrogens with zero attached hydrogens (tertiary/aromatic N) is 2. The molecule has 0 atom stereocenters. The third kappa shape index (κ3) is 3.60. The molecule has 0 unspecified atom stereocenters. The maximum absolute atomic E-state index is 6.01. The Morgan fingerprint density at radius 2 is 2.15 bits per heavy atom. The van der Waals surface area contributed by atoms with E-state index >= 15 is 0 Å². The number of nitrogens with one attached hydrogen (secondary N) is 1. The first kappa shape index (κ1) is 14.1. The summed E-state index contributed by atoms with van der Waals surface area (Å²) in [4.78, 5) is 8.20. The van der Waals surface area contributed by atoms with E-state index in [1.165, 1.54) is 17.5 Å². The van der Waals surface area contributed by atoms with Crippen molar-refractivity contribution in [1.82, 2.24) is 9.97 Å². The average molecular weight is 272 g/mol. The number of hydrogen-bond acceptors (Lipinski definition) is 5. The lowest BCUT2D eigenvalue weighted by atomic mass is 10.1. The molecule has 0 radical (unpaired) electrons. The van der Waals surface area contributed by atoms with Gasteiger partial charge in [0.2, 0.25) is 5.88 Å². The van der Waals surface area contributed by atoms with Crippen LogP contribution in [0.1, 0.15) is 24.5 Å². The van der Waals surface area contributed by atoms with Crippen molar-refractivity contribution >= 4 is 11.5 Å². The van der Waals surface area contributed by atoms with Crippen molar-refractivity contribution in [3.63, 3.8) is 0 Å². The lowest BCUT2D eigenvalue weighted by Gasteiger charge is -2.11. The van der Waals surface area contributed by atoms with E-state index in [0.717, 1.165) is 6.42 Å². The number of nitrogen functional groups attached to an aromatic ring is 1. The molecule has 1 aromatic carbocycles. The minimum absolute atomic E-state index is 0.439. The Morgan fingerprint density at radius 1 is 1.30 bits per heavy atom. The summed E-state index contributed by atoms with van der Waals surface area (Å²) in [5, 5.41) is 3.22. The molecular formula is C15H20N4O. The summed E-state index contributed by atoms with van der Waals surface area (Å²) in [6.45, 7) is 5.36. The van der Waals surface area contributed by atoms with Crippen molar-refractivity contribution in [3.8, 4) is 5.88 Å². The zero-order valence-corrected chi connectivity index (χ0v) is 11.9. The monoisotopic (exact) mass is 272 g/mol. The molecule has 1 aromatic heterocycles. The standard InChI is InChI=1S/C15H20N4O/c1-3-7-20-15-13(16)14(18-10-19-15)17-9-12-6-4-5-11(2)8-12/h4-6,8,10H,3,7,9,16H2,1-2H3,(H,17,18,19). The van der Waals surface area contributed by atoms with Crippen LogP contribution in [0.4, 0.5) is 11.5 Å². The highest BCUT2D eigenvalue weighted by Gasteiger charge is 2.08. The number of rotatable bonds is 6. The minimum atomic E-state index is 0.439. The number of hydrogen-bond donors (Lipinski definition) is 2. The van der Waals surface area contributed by atoms with Gasteiger partial charge in [-0.05, 0) is 18.9 Å². The Labute approximate surface area is 119 Å². The van der Waals surface area contributed by atoms with Crippen LogP contribution in [0, 0.1) is 6.92 Å². The van der Waals surface area contributed by atoms with Gasteiger partial charge in [-0.15, -0.1) is 0 Å². The lowest BCUT2D eigenvalue weighted by molar-refractivity contribution is 0.306. The normalized spacial score (nSPS) is 10.3. The van der Waals surface area contributed by atoms with E-state index in [1.807, 2.05) is 13.0 Å². The molecule has 2 rings (SSSR count). The lowest BCUT2D eigenvalue weighted by Crippen LogP contribution is -2.08. The fourth-order valence-corrected chi connectivity index (χ4v) is 1.84. The number of anilines is 2. The van der Waals surface area contributed by atoms with Crippen LogP contribution < -0.4 is 15.8 Å². The SMILES string of the molecule is CCCOc1ncnc(NCc2cccc(C)c2)c1N. The highest BCUT2D eigenvalue weighted by Crippen LogP contribution is 2.25. The van der Waals surface area contributed by atoms with Crippen LogP contribution >= 0.6 is 0 Å². The second-order valence-corrected chi connectivity index (χ2v) is 4.63. The molecule has 0 fully saturated rings. The smallest absolute Gasteiger partial charge is 0.242 e. The van der Waals surface area contributed by atoms with Crippen molar-refractivity contribution in [3.05, 3.63) is 41.7 Å². The van der Waals surface area contributed by atoms with Crippen molar-refractivity contribution in [2.75, 3.05) is 17.7 Å². The summed E-state index contributed by atoms with van der Waals surface area (Å²) < 4.78 is 5.48. The Balaban J connectivity index is 2.06. The highest BCUT2D eigenvalue weighted by atomic mass is 16.5. The highest BCUT2D eigenvalue weighted by molar-refractivity contribution is 5.66. The van der Waals surface area contributed by atoms with E-state index in [2.05, 4.69) is 40.4 Å². The largest absolute Gasteiger partial charge is 0.476 e. The molecule has 0 aliphatic heterocycles. The number of benzene rings is 1. The van der Waals surface area contributed by atoms with Gasteiger partial charge in [0.15, 0.2) is 5.82 Å². The van der Waals surface area contributed by atoms with E-state index in [-0.39, 0.29) is 0 Å². The van der Waals surface area contributed by atoms with E-state index < -0.39 is 0 Å². The van der Waals surface area contributed by atoms with Gasteiger partial charge < -0.3 is 15.8 Å². The van der Waals surface area contributed by atoms with Gasteiger partial charge in [0, 0.05) is 6.54 Å². The summed E-state index contributed by atoms with van der Waals surface area (Å²) in [6.07, 6.45) is 2.37. The number of ether oxygens (including phenoxy) is 1. The zero-order chi connectivity index (χ0) is 14.4. The molecule has 2 aromatic rings. The van der Waals surface area contributed by atoms with Crippen LogP contribution in [-0.4, -0.2) is 16.6 Å². The van der Waals surface area contributed by atoms with Gasteiger partial charge in [0.25, 0.3) is 0 Å². The summed E-state index contributed by atoms with van der Waals surface area (Å²) in [5.74, 6) is 1.04. The molecule has 3 N–H and O–H groups in total. The van der Waals surface area contributed by atoms with Crippen LogP contribution in [0.3, 0.4) is 0 Å². The number of aryl methyl sites for hydroxylation is 1. The van der Waals surface area contributed by atoms with Gasteiger partial charge in [0.1, 0.15) is 12.0 Å². The molecule has 0 aliphatic rings. The number of aromatic nitrogens is 2. The maximum atomic E-state index is 6.01. The molecule has 0 spiro atoms. The first-order valence-electron chi connectivity index (χ1n) is 6.73. The molecule has 0 amide bonds. The van der Waals surface area contributed by atoms with Crippen molar-refractivity contribution in [2.24, 2.45) is 0 Å². The fourth-order valence-electron chi connectivity index (χ4n) is 1.84. The molecule has 20 heavy (non-hydrogen) atoms. The molecular weight excluding hydrogens is 252 g/mol. The summed E-state index contributed by atoms with van der Waals surface area (Å²) in [6, 6.07) is 8.29. The topological polar surface area (TPSA) is 73.1 Å². The van der Waals surface area contributed by atoms with E-state index in [4.69, 9.17) is 10.5 Å². The van der Waals surface area contributed by atoms with E-state index in [1.54, 1.807) is 0 Å². The Morgan fingerprint density at radius 3 is 2.90 bits per heavy atom. The van der Waals surface area contributed by atoms with Crippen LogP contribution in [-0.2, 0) is 6.54 Å². The van der Waals surface area contributed by atoms with Gasteiger partial charge in [-0.25, -0.2) is 4.98 Å². The van der Waals surface area contributed by atoms with Gasteiger partial charge in [-0.2, -0.15) is 4.98 Å². The molecule has 0 bridgehead atoms. The molecule has 0 saturated heterocycles. The summed E-state index contributed by atoms with van der Waals surface area (Å²) in [5.41, 5.74) is 8.87. The first-order valence-corrected chi connectivity index (χ1v) is 6.73. The van der Waals surface area contributed by atoms with Crippen molar-refractivity contribution < 1.29 is 4.74 Å². The van der Waals surface area contributed by atoms with Crippen LogP contribution in [0.5, 0.6) is 5.88 Å². The van der Waals surface area contributed by atoms with Crippen LogP contribution in [0.15, 0.2) is 30.6 Å². The fraction of sp³-hybridized carbons (Fsp3) is 0.333. The van der Waals surface area contributed by atoms with Gasteiger partial charge in [-0.3, -0.25) is 0 Å². The second-order valence-electron chi connectivity index (χ2n) is 4.63. The number of nitrogens with two attached hydrogens (primary N) is 1. The Hall–Kier alpha value is -2.30. The Kier molecular flexibility index (Phi) is 4.76. The predicted molar refractivity (Wildman–Crippen MR) is 80.7 cm³/mol. The molecule has 5 heteroatoms. The average Bonchev–Trinajstić information content (AvgIpc) is 2.45. The van der Waals surface area contributed by atoms with Gasteiger partial charge in [0.05, 0.1) is 6.61 Å². The van der Waals surface area contributed by atoms with E-state index in [0.29, 0.717) is 30.5 Å². The predicted octanol–water partition coefficient (Wildman–Crippen LogP) is 2.77. The maximum Gasteiger partial charge on any atom is 0.242 e. The molecule has 0 aliphatic carbocycles. The molecule has 1 heterocycles. The van der Waals surface area contributed by atoms with Crippen LogP contribution in [0.25, 0.3) is 0 Å². The van der Waals surface area contributed by atoms with E-state index in [9.17, 15) is 0 Å². The quantitative estimate of drug-likeness (QED) is 0.846. The zero-order valence-electron chi connectivity index (χ0n) is 11.9. The summed E-state index contributed by atoms with van der Waals surface area (Å²) >= 11 is 0. The Bertz CT molecular complexity index is 572. The first-order chi connectivity index (χ1) is 9.70. The van der Waals surface area contributed by atoms with Crippen molar-refractivity contribution in [1.29, 1.82) is 0 Å². The minimum Gasteiger partial charge on any atom is -0.476 e. The summed E-state index contributed by atoms with van der Waals surface area (Å²) in [7, 11) is 0. The molecule has 0 saturated carbocycles. The van der Waals surface area contributed by atoms with Gasteiger partial charge in [-0.1, -0.05) is 36.8 Å². The third-order valence-electron chi connectivity index (χ3n) is 2.83. The third-order valence-corrected chi connectivity index (χ3v) is 2.83. The second kappa shape index (κ2) is 6.75.